The van der Waals surface area contributed by atoms with E-state index in [2.05, 4.69) is 10.3 Å². The maximum atomic E-state index is 13.9. The van der Waals surface area contributed by atoms with Gasteiger partial charge >= 0.3 is 5.97 Å². The highest BCUT2D eigenvalue weighted by molar-refractivity contribution is 6.02. The van der Waals surface area contributed by atoms with Crippen LogP contribution in [0, 0.1) is 5.82 Å². The van der Waals surface area contributed by atoms with Gasteiger partial charge in [-0.3, -0.25) is 0 Å². The minimum atomic E-state index is -1.04. The quantitative estimate of drug-likeness (QED) is 0.883. The SMILES string of the molecule is O=C(O)c1cc(C2CCNCC2)nc2c(F)cccc12. The molecule has 1 aromatic heterocycles. The van der Waals surface area contributed by atoms with E-state index in [0.29, 0.717) is 11.1 Å². The minimum absolute atomic E-state index is 0.128. The number of hydrogen-bond donors (Lipinski definition) is 2. The molecule has 5 heteroatoms. The fourth-order valence-electron chi connectivity index (χ4n) is 2.74. The van der Waals surface area contributed by atoms with Crippen LogP contribution in [0.15, 0.2) is 24.3 Å². The molecule has 1 aliphatic heterocycles. The van der Waals surface area contributed by atoms with Crippen molar-refractivity contribution >= 4 is 16.9 Å². The van der Waals surface area contributed by atoms with Gasteiger partial charge in [-0.15, -0.1) is 0 Å². The summed E-state index contributed by atoms with van der Waals surface area (Å²) < 4.78 is 13.9. The first-order valence-electron chi connectivity index (χ1n) is 6.70. The average molecular weight is 274 g/mol. The Hall–Kier alpha value is -2.01. The number of hydrogen-bond acceptors (Lipinski definition) is 3. The number of carboxylic acid groups (broad SMARTS) is 1. The minimum Gasteiger partial charge on any atom is -0.478 e. The molecule has 1 aromatic carbocycles. The highest BCUT2D eigenvalue weighted by Crippen LogP contribution is 2.28. The predicted octanol–water partition coefficient (Wildman–Crippen LogP) is 2.54. The van der Waals surface area contributed by atoms with Crippen LogP contribution >= 0.6 is 0 Å². The normalized spacial score (nSPS) is 16.4. The van der Waals surface area contributed by atoms with Crippen molar-refractivity contribution in [3.8, 4) is 0 Å². The van der Waals surface area contributed by atoms with Crippen molar-refractivity contribution in [2.45, 2.75) is 18.8 Å². The van der Waals surface area contributed by atoms with Gasteiger partial charge in [0.25, 0.3) is 0 Å². The molecule has 2 aromatic rings. The van der Waals surface area contributed by atoms with Gasteiger partial charge in [-0.05, 0) is 38.1 Å². The lowest BCUT2D eigenvalue weighted by atomic mass is 9.92. The first kappa shape index (κ1) is 13.0. The average Bonchev–Trinajstić information content (AvgIpc) is 2.47. The second-order valence-electron chi connectivity index (χ2n) is 5.06. The smallest absolute Gasteiger partial charge is 0.336 e. The van der Waals surface area contributed by atoms with Crippen LogP contribution in [-0.4, -0.2) is 29.1 Å². The number of para-hydroxylation sites is 1. The van der Waals surface area contributed by atoms with Gasteiger partial charge in [0, 0.05) is 17.0 Å². The number of nitrogens with zero attached hydrogens (tertiary/aromatic N) is 1. The van der Waals surface area contributed by atoms with E-state index in [1.165, 1.54) is 12.1 Å². The molecule has 20 heavy (non-hydrogen) atoms. The van der Waals surface area contributed by atoms with E-state index < -0.39 is 11.8 Å². The van der Waals surface area contributed by atoms with E-state index in [1.807, 2.05) is 0 Å². The highest BCUT2D eigenvalue weighted by atomic mass is 19.1. The Bertz CT molecular complexity index is 666. The van der Waals surface area contributed by atoms with Gasteiger partial charge in [0.05, 0.1) is 5.56 Å². The van der Waals surface area contributed by atoms with Crippen molar-refractivity contribution in [2.75, 3.05) is 13.1 Å². The van der Waals surface area contributed by atoms with Gasteiger partial charge in [-0.2, -0.15) is 0 Å². The number of aromatic nitrogens is 1. The summed E-state index contributed by atoms with van der Waals surface area (Å²) >= 11 is 0. The van der Waals surface area contributed by atoms with E-state index in [4.69, 9.17) is 0 Å². The summed E-state index contributed by atoms with van der Waals surface area (Å²) in [5, 5.41) is 12.9. The lowest BCUT2D eigenvalue weighted by molar-refractivity contribution is 0.0699. The number of aromatic carboxylic acids is 1. The third kappa shape index (κ3) is 2.25. The Kier molecular flexibility index (Phi) is 3.36. The van der Waals surface area contributed by atoms with Gasteiger partial charge in [-0.25, -0.2) is 14.2 Å². The third-order valence-corrected chi connectivity index (χ3v) is 3.80. The number of halogens is 1. The summed E-state index contributed by atoms with van der Waals surface area (Å²) in [5.74, 6) is -1.32. The molecular weight excluding hydrogens is 259 g/mol. The van der Waals surface area contributed by atoms with Crippen LogP contribution in [0.1, 0.15) is 34.8 Å². The van der Waals surface area contributed by atoms with E-state index in [1.54, 1.807) is 12.1 Å². The van der Waals surface area contributed by atoms with Crippen molar-refractivity contribution < 1.29 is 14.3 Å². The van der Waals surface area contributed by atoms with E-state index in [0.717, 1.165) is 25.9 Å². The number of carbonyl (C=O) groups is 1. The second-order valence-corrected chi connectivity index (χ2v) is 5.06. The van der Waals surface area contributed by atoms with Gasteiger partial charge in [0.2, 0.25) is 0 Å². The molecule has 3 rings (SSSR count). The fourth-order valence-corrected chi connectivity index (χ4v) is 2.74. The first-order valence-corrected chi connectivity index (χ1v) is 6.70. The van der Waals surface area contributed by atoms with Crippen LogP contribution in [0.25, 0.3) is 10.9 Å². The molecule has 0 saturated carbocycles. The van der Waals surface area contributed by atoms with Crippen LogP contribution in [0.2, 0.25) is 0 Å². The van der Waals surface area contributed by atoms with Gasteiger partial charge in [-0.1, -0.05) is 12.1 Å². The van der Waals surface area contributed by atoms with Gasteiger partial charge in [0.15, 0.2) is 0 Å². The number of rotatable bonds is 2. The molecule has 0 spiro atoms. The molecule has 0 unspecified atom stereocenters. The molecule has 104 valence electrons. The monoisotopic (exact) mass is 274 g/mol. The molecule has 2 N–H and O–H groups in total. The molecule has 0 radical (unpaired) electrons. The van der Waals surface area contributed by atoms with Crippen molar-refractivity contribution in [1.82, 2.24) is 10.3 Å². The molecule has 1 aliphatic rings. The summed E-state index contributed by atoms with van der Waals surface area (Å²) in [7, 11) is 0. The number of fused-ring (bicyclic) bond motifs is 1. The molecule has 1 saturated heterocycles. The topological polar surface area (TPSA) is 62.2 Å². The Balaban J connectivity index is 2.18. The van der Waals surface area contributed by atoms with Crippen LogP contribution in [-0.2, 0) is 0 Å². The maximum absolute atomic E-state index is 13.9. The molecular formula is C15H15FN2O2. The van der Waals surface area contributed by atoms with Crippen molar-refractivity contribution in [2.24, 2.45) is 0 Å². The van der Waals surface area contributed by atoms with E-state index in [9.17, 15) is 14.3 Å². The zero-order chi connectivity index (χ0) is 14.1. The summed E-state index contributed by atoms with van der Waals surface area (Å²) in [6, 6.07) is 6.02. The Morgan fingerprint density at radius 2 is 2.10 bits per heavy atom. The van der Waals surface area contributed by atoms with E-state index >= 15 is 0 Å². The van der Waals surface area contributed by atoms with Crippen molar-refractivity contribution in [1.29, 1.82) is 0 Å². The predicted molar refractivity (Wildman–Crippen MR) is 73.5 cm³/mol. The Labute approximate surface area is 115 Å². The second kappa shape index (κ2) is 5.17. The standard InChI is InChI=1S/C15H15FN2O2/c16-12-3-1-2-10-11(15(19)20)8-13(18-14(10)12)9-4-6-17-7-5-9/h1-3,8-9,17H,4-7H2,(H,19,20). The van der Waals surface area contributed by atoms with Crippen LogP contribution < -0.4 is 5.32 Å². The van der Waals surface area contributed by atoms with Gasteiger partial charge < -0.3 is 10.4 Å². The maximum Gasteiger partial charge on any atom is 0.336 e. The number of nitrogens with one attached hydrogen (secondary N) is 1. The summed E-state index contributed by atoms with van der Waals surface area (Å²) in [6.45, 7) is 1.76. The Morgan fingerprint density at radius 3 is 2.80 bits per heavy atom. The lowest BCUT2D eigenvalue weighted by Crippen LogP contribution is -2.27. The summed E-state index contributed by atoms with van der Waals surface area (Å²) in [4.78, 5) is 15.8. The van der Waals surface area contributed by atoms with Crippen LogP contribution in [0.5, 0.6) is 0 Å². The molecule has 4 nitrogen and oxygen atoms in total. The number of piperidine rings is 1. The molecule has 0 atom stereocenters. The molecule has 0 bridgehead atoms. The van der Waals surface area contributed by atoms with Gasteiger partial charge in [0.1, 0.15) is 11.3 Å². The zero-order valence-corrected chi connectivity index (χ0v) is 10.9. The number of benzene rings is 1. The molecule has 1 fully saturated rings. The van der Waals surface area contributed by atoms with Crippen molar-refractivity contribution in [3.63, 3.8) is 0 Å². The van der Waals surface area contributed by atoms with Crippen LogP contribution in [0.3, 0.4) is 0 Å². The van der Waals surface area contributed by atoms with Crippen LogP contribution in [0.4, 0.5) is 4.39 Å². The zero-order valence-electron chi connectivity index (χ0n) is 10.9. The summed E-state index contributed by atoms with van der Waals surface area (Å²) in [6.07, 6.45) is 1.79. The molecule has 0 amide bonds. The first-order chi connectivity index (χ1) is 9.66. The molecule has 2 heterocycles. The fraction of sp³-hybridized carbons (Fsp3) is 0.333. The Morgan fingerprint density at radius 1 is 1.35 bits per heavy atom. The van der Waals surface area contributed by atoms with Crippen molar-refractivity contribution in [3.05, 3.63) is 41.3 Å². The largest absolute Gasteiger partial charge is 0.478 e. The van der Waals surface area contributed by atoms with E-state index in [-0.39, 0.29) is 17.0 Å². The highest BCUT2D eigenvalue weighted by Gasteiger charge is 2.21. The summed E-state index contributed by atoms with van der Waals surface area (Å²) in [5.41, 5.74) is 0.963. The lowest BCUT2D eigenvalue weighted by Gasteiger charge is -2.22. The third-order valence-electron chi connectivity index (χ3n) is 3.80. The molecule has 0 aliphatic carbocycles. The number of pyridine rings is 1. The number of carboxylic acids is 1.